The summed E-state index contributed by atoms with van der Waals surface area (Å²) in [5.41, 5.74) is 3.26. The molecule has 7 nitrogen and oxygen atoms in total. The number of hydrogen-bond acceptors (Lipinski definition) is 5. The van der Waals surface area contributed by atoms with Crippen molar-refractivity contribution in [2.45, 2.75) is 25.8 Å². The number of carbonyl (C=O) groups is 2. The maximum atomic E-state index is 12.7. The van der Waals surface area contributed by atoms with Gasteiger partial charge in [0.2, 0.25) is 5.91 Å². The number of fused-ring (bicyclic) bond motifs is 1. The molecule has 0 aliphatic carbocycles. The molecule has 0 atom stereocenters. The second-order valence-corrected chi connectivity index (χ2v) is 8.24. The van der Waals surface area contributed by atoms with Crippen LogP contribution >= 0.6 is 11.3 Å². The normalized spacial score (nSPS) is 13.0. The van der Waals surface area contributed by atoms with Crippen LogP contribution in [0.15, 0.2) is 41.8 Å². The Morgan fingerprint density at radius 1 is 1.27 bits per heavy atom. The summed E-state index contributed by atoms with van der Waals surface area (Å²) in [6, 6.07) is 11.7. The van der Waals surface area contributed by atoms with Gasteiger partial charge in [-0.05, 0) is 35.6 Å². The molecule has 2 aromatic heterocycles. The molecule has 1 aliphatic heterocycles. The lowest BCUT2D eigenvalue weighted by molar-refractivity contribution is -0.131. The number of thiophene rings is 1. The van der Waals surface area contributed by atoms with Crippen molar-refractivity contribution >= 4 is 23.2 Å². The molecular weight excluding hydrogens is 400 g/mol. The Kier molecular flexibility index (Phi) is 6.13. The predicted molar refractivity (Wildman–Crippen MR) is 115 cm³/mol. The van der Waals surface area contributed by atoms with E-state index < -0.39 is 0 Å². The average molecular weight is 425 g/mol. The molecule has 1 aromatic carbocycles. The van der Waals surface area contributed by atoms with Gasteiger partial charge < -0.3 is 15.0 Å². The highest BCUT2D eigenvalue weighted by molar-refractivity contribution is 7.10. The first kappa shape index (κ1) is 20.2. The molecule has 2 amide bonds. The van der Waals surface area contributed by atoms with Crippen molar-refractivity contribution in [1.29, 1.82) is 0 Å². The molecule has 4 rings (SSSR count). The number of amides is 2. The minimum Gasteiger partial charge on any atom is -0.497 e. The topological polar surface area (TPSA) is 87.3 Å². The molecule has 0 radical (unpaired) electrons. The molecule has 3 aromatic rings. The van der Waals surface area contributed by atoms with Gasteiger partial charge in [0.1, 0.15) is 5.75 Å². The summed E-state index contributed by atoms with van der Waals surface area (Å²) in [6.45, 7) is 1.56. The van der Waals surface area contributed by atoms with Crippen molar-refractivity contribution in [2.75, 3.05) is 20.2 Å². The first-order valence-corrected chi connectivity index (χ1v) is 10.8. The Hall–Kier alpha value is -3.13. The third kappa shape index (κ3) is 4.54. The third-order valence-corrected chi connectivity index (χ3v) is 6.14. The number of benzene rings is 1. The standard InChI is InChI=1S/C22H24N4O3S/c1-29-16-6-4-15(5-7-16)8-10-23-22(28)21-18-14-26(11-9-19(18)24-25-21)20(27)13-17-3-2-12-30-17/h2-7,12H,8-11,13-14H2,1H3,(H,23,28)(H,24,25). The van der Waals surface area contributed by atoms with E-state index in [4.69, 9.17) is 4.74 Å². The van der Waals surface area contributed by atoms with Gasteiger partial charge in [0, 0.05) is 42.2 Å². The summed E-state index contributed by atoms with van der Waals surface area (Å²) in [5.74, 6) is 0.674. The lowest BCUT2D eigenvalue weighted by Crippen LogP contribution is -2.37. The molecule has 2 N–H and O–H groups in total. The smallest absolute Gasteiger partial charge is 0.272 e. The Balaban J connectivity index is 1.34. The van der Waals surface area contributed by atoms with E-state index in [0.29, 0.717) is 44.6 Å². The molecule has 3 heterocycles. The van der Waals surface area contributed by atoms with E-state index in [1.807, 2.05) is 46.7 Å². The van der Waals surface area contributed by atoms with Crippen molar-refractivity contribution in [3.63, 3.8) is 0 Å². The number of rotatable bonds is 7. The number of nitrogens with zero attached hydrogens (tertiary/aromatic N) is 2. The number of ether oxygens (including phenoxy) is 1. The fraction of sp³-hybridized carbons (Fsp3) is 0.318. The lowest BCUT2D eigenvalue weighted by atomic mass is 10.0. The van der Waals surface area contributed by atoms with Crippen molar-refractivity contribution in [2.24, 2.45) is 0 Å². The SMILES string of the molecule is COc1ccc(CCNC(=O)c2n[nH]c3c2CN(C(=O)Cc2cccs2)CC3)cc1. The summed E-state index contributed by atoms with van der Waals surface area (Å²) in [5, 5.41) is 12.1. The first-order chi connectivity index (χ1) is 14.6. The van der Waals surface area contributed by atoms with Crippen LogP contribution in [0.1, 0.15) is 32.2 Å². The van der Waals surface area contributed by atoms with Crippen LogP contribution in [0.25, 0.3) is 0 Å². The quantitative estimate of drug-likeness (QED) is 0.610. The van der Waals surface area contributed by atoms with Crippen LogP contribution in [0, 0.1) is 0 Å². The summed E-state index contributed by atoms with van der Waals surface area (Å²) in [6.07, 6.45) is 1.79. The van der Waals surface area contributed by atoms with Crippen LogP contribution < -0.4 is 10.1 Å². The second kappa shape index (κ2) is 9.13. The summed E-state index contributed by atoms with van der Waals surface area (Å²) in [7, 11) is 1.64. The van der Waals surface area contributed by atoms with Gasteiger partial charge in [-0.1, -0.05) is 18.2 Å². The number of aromatic nitrogens is 2. The third-order valence-electron chi connectivity index (χ3n) is 5.27. The number of aromatic amines is 1. The molecule has 0 fully saturated rings. The highest BCUT2D eigenvalue weighted by Gasteiger charge is 2.27. The number of H-pyrrole nitrogens is 1. The average Bonchev–Trinajstić information content (AvgIpc) is 3.43. The van der Waals surface area contributed by atoms with E-state index >= 15 is 0 Å². The maximum absolute atomic E-state index is 12.7. The predicted octanol–water partition coefficient (Wildman–Crippen LogP) is 2.58. The molecule has 156 valence electrons. The molecule has 8 heteroatoms. The molecule has 0 spiro atoms. The van der Waals surface area contributed by atoms with E-state index in [1.54, 1.807) is 18.4 Å². The molecule has 1 aliphatic rings. The molecule has 0 saturated heterocycles. The number of nitrogens with one attached hydrogen (secondary N) is 2. The highest BCUT2D eigenvalue weighted by Crippen LogP contribution is 2.22. The number of methoxy groups -OCH3 is 1. The molecule has 30 heavy (non-hydrogen) atoms. The molecule has 0 bridgehead atoms. The van der Waals surface area contributed by atoms with Crippen molar-refractivity contribution < 1.29 is 14.3 Å². The van der Waals surface area contributed by atoms with E-state index in [-0.39, 0.29) is 11.8 Å². The van der Waals surface area contributed by atoms with Crippen LogP contribution in [0.3, 0.4) is 0 Å². The fourth-order valence-corrected chi connectivity index (χ4v) is 4.26. The number of hydrogen-bond donors (Lipinski definition) is 2. The van der Waals surface area contributed by atoms with Crippen LogP contribution in [0.5, 0.6) is 5.75 Å². The van der Waals surface area contributed by atoms with Crippen LogP contribution in [0.2, 0.25) is 0 Å². The second-order valence-electron chi connectivity index (χ2n) is 7.20. The molecular formula is C22H24N4O3S. The van der Waals surface area contributed by atoms with Crippen LogP contribution in [0.4, 0.5) is 0 Å². The Labute approximate surface area is 179 Å². The molecule has 0 saturated carbocycles. The fourth-order valence-electron chi connectivity index (χ4n) is 3.57. The minimum absolute atomic E-state index is 0.0789. The largest absolute Gasteiger partial charge is 0.497 e. The van der Waals surface area contributed by atoms with E-state index in [1.165, 1.54) is 0 Å². The van der Waals surface area contributed by atoms with Gasteiger partial charge in [0.25, 0.3) is 5.91 Å². The highest BCUT2D eigenvalue weighted by atomic mass is 32.1. The van der Waals surface area contributed by atoms with Crippen molar-refractivity contribution in [3.05, 3.63) is 69.2 Å². The summed E-state index contributed by atoms with van der Waals surface area (Å²) >= 11 is 1.58. The van der Waals surface area contributed by atoms with E-state index in [9.17, 15) is 9.59 Å². The summed E-state index contributed by atoms with van der Waals surface area (Å²) < 4.78 is 5.16. The first-order valence-electron chi connectivity index (χ1n) is 9.91. The Bertz CT molecular complexity index is 1010. The van der Waals surface area contributed by atoms with Gasteiger partial charge in [-0.2, -0.15) is 5.10 Å². The van der Waals surface area contributed by atoms with Gasteiger partial charge in [0.15, 0.2) is 5.69 Å². The monoisotopic (exact) mass is 424 g/mol. The van der Waals surface area contributed by atoms with Crippen LogP contribution in [-0.2, 0) is 30.6 Å². The van der Waals surface area contributed by atoms with E-state index in [2.05, 4.69) is 15.5 Å². The number of carbonyl (C=O) groups excluding carboxylic acids is 2. The maximum Gasteiger partial charge on any atom is 0.272 e. The zero-order valence-electron chi connectivity index (χ0n) is 16.8. The lowest BCUT2D eigenvalue weighted by Gasteiger charge is -2.27. The zero-order valence-corrected chi connectivity index (χ0v) is 17.6. The van der Waals surface area contributed by atoms with Gasteiger partial charge in [-0.3, -0.25) is 14.7 Å². The molecule has 0 unspecified atom stereocenters. The van der Waals surface area contributed by atoms with Gasteiger partial charge in [-0.15, -0.1) is 11.3 Å². The van der Waals surface area contributed by atoms with Crippen LogP contribution in [-0.4, -0.2) is 47.1 Å². The van der Waals surface area contributed by atoms with E-state index in [0.717, 1.165) is 27.4 Å². The Morgan fingerprint density at radius 2 is 2.10 bits per heavy atom. The summed E-state index contributed by atoms with van der Waals surface area (Å²) in [4.78, 5) is 28.2. The van der Waals surface area contributed by atoms with Gasteiger partial charge >= 0.3 is 0 Å². The van der Waals surface area contributed by atoms with Crippen molar-refractivity contribution in [1.82, 2.24) is 20.4 Å². The van der Waals surface area contributed by atoms with Crippen molar-refractivity contribution in [3.8, 4) is 5.75 Å². The van der Waals surface area contributed by atoms with Gasteiger partial charge in [0.05, 0.1) is 13.5 Å². The zero-order chi connectivity index (χ0) is 20.9. The van der Waals surface area contributed by atoms with Gasteiger partial charge in [-0.25, -0.2) is 0 Å². The Morgan fingerprint density at radius 3 is 2.83 bits per heavy atom. The minimum atomic E-state index is -0.214.